The normalized spacial score (nSPS) is 12.1. The van der Waals surface area contributed by atoms with Crippen LogP contribution in [0.5, 0.6) is 0 Å². The molecule has 0 bridgehead atoms. The van der Waals surface area contributed by atoms with Gasteiger partial charge in [0.1, 0.15) is 0 Å². The molecule has 2 N–H and O–H groups in total. The summed E-state index contributed by atoms with van der Waals surface area (Å²) in [5, 5.41) is 14.3. The van der Waals surface area contributed by atoms with Gasteiger partial charge in [-0.15, -0.1) is 10.2 Å². The van der Waals surface area contributed by atoms with Crippen LogP contribution in [-0.2, 0) is 16.6 Å². The number of hydrogen-bond acceptors (Lipinski definition) is 6. The van der Waals surface area contributed by atoms with Crippen molar-refractivity contribution in [2.24, 2.45) is 5.14 Å². The summed E-state index contributed by atoms with van der Waals surface area (Å²) >= 11 is 0. The molecule has 0 radical (unpaired) electrons. The van der Waals surface area contributed by atoms with Gasteiger partial charge in [0.2, 0.25) is 5.65 Å². The molecule has 3 aromatic heterocycles. The summed E-state index contributed by atoms with van der Waals surface area (Å²) < 4.78 is 24.5. The van der Waals surface area contributed by atoms with E-state index in [2.05, 4.69) is 20.2 Å². The van der Waals surface area contributed by atoms with Crippen LogP contribution in [0.15, 0.2) is 47.9 Å². The number of nitrogens with zero attached hydrogens (tertiary/aromatic N) is 5. The van der Waals surface area contributed by atoms with Gasteiger partial charge in [0, 0.05) is 11.6 Å². The van der Waals surface area contributed by atoms with Crippen molar-refractivity contribution in [2.45, 2.75) is 18.5 Å². The van der Waals surface area contributed by atoms with Crippen LogP contribution >= 0.6 is 0 Å². The number of hydrogen-bond donors (Lipinski definition) is 1. The first-order valence-corrected chi connectivity index (χ1v) is 9.02. The SMILES string of the molecule is Cc1ccc2c(c1)nnc1ncn(Cc3ccc(S(N)(=O)=O)nc3)c12. The maximum atomic E-state index is 11.3. The van der Waals surface area contributed by atoms with Gasteiger partial charge >= 0.3 is 0 Å². The van der Waals surface area contributed by atoms with Crippen molar-refractivity contribution in [2.75, 3.05) is 0 Å². The zero-order chi connectivity index (χ0) is 17.6. The zero-order valence-electron chi connectivity index (χ0n) is 13.3. The van der Waals surface area contributed by atoms with Gasteiger partial charge in [0.15, 0.2) is 5.03 Å². The van der Waals surface area contributed by atoms with Gasteiger partial charge in [-0.3, -0.25) is 0 Å². The fraction of sp³-hybridized carbons (Fsp3) is 0.125. The Morgan fingerprint density at radius 3 is 2.68 bits per heavy atom. The summed E-state index contributed by atoms with van der Waals surface area (Å²) in [6.07, 6.45) is 3.18. The van der Waals surface area contributed by atoms with E-state index in [4.69, 9.17) is 5.14 Å². The highest BCUT2D eigenvalue weighted by Gasteiger charge is 2.12. The standard InChI is InChI=1S/C16H14N6O2S/c1-10-2-4-12-13(6-10)20-21-16-15(12)22(9-19-16)8-11-3-5-14(18-7-11)25(17,23)24/h2-7,9H,8H2,1H3,(H2,17,23,24). The quantitative estimate of drug-likeness (QED) is 0.594. The third-order valence-corrected chi connectivity index (χ3v) is 4.75. The molecule has 3 heterocycles. The number of aromatic nitrogens is 5. The van der Waals surface area contributed by atoms with E-state index in [0.29, 0.717) is 12.2 Å². The van der Waals surface area contributed by atoms with Crippen LogP contribution in [0.3, 0.4) is 0 Å². The summed E-state index contributed by atoms with van der Waals surface area (Å²) in [4.78, 5) is 8.21. The summed E-state index contributed by atoms with van der Waals surface area (Å²) in [7, 11) is -3.80. The molecule has 0 spiro atoms. The zero-order valence-corrected chi connectivity index (χ0v) is 14.1. The molecule has 0 unspecified atom stereocenters. The van der Waals surface area contributed by atoms with Crippen LogP contribution in [0, 0.1) is 6.92 Å². The van der Waals surface area contributed by atoms with E-state index in [1.807, 2.05) is 29.7 Å². The highest BCUT2D eigenvalue weighted by atomic mass is 32.2. The number of benzene rings is 1. The van der Waals surface area contributed by atoms with Gasteiger partial charge in [-0.25, -0.2) is 23.5 Å². The predicted molar refractivity (Wildman–Crippen MR) is 92.3 cm³/mol. The number of rotatable bonds is 3. The minimum atomic E-state index is -3.80. The molecule has 1 aromatic carbocycles. The van der Waals surface area contributed by atoms with E-state index in [1.165, 1.54) is 12.3 Å². The van der Waals surface area contributed by atoms with E-state index in [9.17, 15) is 8.42 Å². The Balaban J connectivity index is 1.79. The monoisotopic (exact) mass is 354 g/mol. The maximum Gasteiger partial charge on any atom is 0.255 e. The van der Waals surface area contributed by atoms with Crippen LogP contribution in [0.2, 0.25) is 0 Å². The van der Waals surface area contributed by atoms with Crippen molar-refractivity contribution >= 4 is 32.1 Å². The molecule has 0 aliphatic rings. The molecule has 0 atom stereocenters. The number of aryl methyl sites for hydroxylation is 1. The van der Waals surface area contributed by atoms with E-state index in [1.54, 1.807) is 12.4 Å². The summed E-state index contributed by atoms with van der Waals surface area (Å²) in [5.74, 6) is 0. The van der Waals surface area contributed by atoms with Crippen molar-refractivity contribution in [3.63, 3.8) is 0 Å². The van der Waals surface area contributed by atoms with E-state index < -0.39 is 10.0 Å². The molecule has 0 saturated heterocycles. The summed E-state index contributed by atoms with van der Waals surface area (Å²) in [5.41, 5.74) is 4.17. The third kappa shape index (κ3) is 2.83. The second-order valence-electron chi connectivity index (χ2n) is 5.81. The third-order valence-electron chi connectivity index (χ3n) is 3.92. The lowest BCUT2D eigenvalue weighted by Crippen LogP contribution is -2.14. The van der Waals surface area contributed by atoms with Crippen molar-refractivity contribution in [1.29, 1.82) is 0 Å². The van der Waals surface area contributed by atoms with Crippen molar-refractivity contribution < 1.29 is 8.42 Å². The lowest BCUT2D eigenvalue weighted by atomic mass is 10.1. The molecule has 4 rings (SSSR count). The highest BCUT2D eigenvalue weighted by Crippen LogP contribution is 2.23. The Bertz CT molecular complexity index is 1200. The lowest BCUT2D eigenvalue weighted by Gasteiger charge is -2.07. The minimum absolute atomic E-state index is 0.154. The first kappa shape index (κ1) is 15.6. The molecule has 9 heteroatoms. The second-order valence-corrected chi connectivity index (χ2v) is 7.32. The van der Waals surface area contributed by atoms with E-state index in [0.717, 1.165) is 27.5 Å². The van der Waals surface area contributed by atoms with Crippen molar-refractivity contribution in [3.8, 4) is 0 Å². The molecular formula is C16H14N6O2S. The number of primary sulfonamides is 1. The first-order chi connectivity index (χ1) is 11.9. The smallest absolute Gasteiger partial charge is 0.255 e. The minimum Gasteiger partial charge on any atom is -0.324 e. The maximum absolute atomic E-state index is 11.3. The average molecular weight is 354 g/mol. The summed E-state index contributed by atoms with van der Waals surface area (Å²) in [6.45, 7) is 2.48. The Kier molecular flexibility index (Phi) is 3.48. The number of pyridine rings is 1. The molecule has 25 heavy (non-hydrogen) atoms. The molecule has 126 valence electrons. The highest BCUT2D eigenvalue weighted by molar-refractivity contribution is 7.89. The molecule has 0 saturated carbocycles. The number of nitrogens with two attached hydrogens (primary N) is 1. The van der Waals surface area contributed by atoms with Gasteiger partial charge in [-0.2, -0.15) is 0 Å². The van der Waals surface area contributed by atoms with Crippen LogP contribution in [0.25, 0.3) is 22.1 Å². The Labute approximate surface area is 143 Å². The topological polar surface area (TPSA) is 117 Å². The first-order valence-electron chi connectivity index (χ1n) is 7.47. The molecule has 8 nitrogen and oxygen atoms in total. The molecule has 0 aliphatic heterocycles. The Morgan fingerprint density at radius 1 is 1.12 bits per heavy atom. The Hall–Kier alpha value is -2.91. The molecular weight excluding hydrogens is 340 g/mol. The second kappa shape index (κ2) is 5.57. The van der Waals surface area contributed by atoms with Gasteiger partial charge < -0.3 is 4.57 Å². The van der Waals surface area contributed by atoms with Crippen LogP contribution in [-0.4, -0.2) is 33.2 Å². The fourth-order valence-electron chi connectivity index (χ4n) is 2.74. The molecule has 0 aliphatic carbocycles. The van der Waals surface area contributed by atoms with Crippen molar-refractivity contribution in [1.82, 2.24) is 24.7 Å². The van der Waals surface area contributed by atoms with Crippen LogP contribution in [0.4, 0.5) is 0 Å². The molecule has 0 fully saturated rings. The van der Waals surface area contributed by atoms with Gasteiger partial charge in [-0.05, 0) is 30.2 Å². The largest absolute Gasteiger partial charge is 0.324 e. The van der Waals surface area contributed by atoms with E-state index >= 15 is 0 Å². The van der Waals surface area contributed by atoms with Gasteiger partial charge in [0.25, 0.3) is 10.0 Å². The predicted octanol–water partition coefficient (Wildman–Crippen LogP) is 1.38. The Morgan fingerprint density at radius 2 is 1.96 bits per heavy atom. The summed E-state index contributed by atoms with van der Waals surface area (Å²) in [6, 6.07) is 9.07. The molecule has 4 aromatic rings. The van der Waals surface area contributed by atoms with Gasteiger partial charge in [-0.1, -0.05) is 18.2 Å². The lowest BCUT2D eigenvalue weighted by molar-refractivity contribution is 0.594. The number of sulfonamides is 1. The van der Waals surface area contributed by atoms with Crippen LogP contribution < -0.4 is 5.14 Å². The van der Waals surface area contributed by atoms with Gasteiger partial charge in [0.05, 0.1) is 23.9 Å². The molecule has 0 amide bonds. The average Bonchev–Trinajstić information content (AvgIpc) is 2.97. The number of fused-ring (bicyclic) bond motifs is 3. The van der Waals surface area contributed by atoms with Crippen molar-refractivity contribution in [3.05, 3.63) is 54.0 Å². The van der Waals surface area contributed by atoms with Crippen LogP contribution in [0.1, 0.15) is 11.1 Å². The number of imidazole rings is 1. The van der Waals surface area contributed by atoms with E-state index in [-0.39, 0.29) is 5.03 Å². The fourth-order valence-corrected chi connectivity index (χ4v) is 3.19.